The molecule has 0 fully saturated rings. The molecule has 94 valence electrons. The monoisotopic (exact) mass is 242 g/mol. The standard InChI is InChI=1S/C12H16F2N2O/c1-3-4-5-8-16(2)12(17)9-6-7-15-11(14)10(9)13/h6-7H,3-5,8H2,1-2H3. The van der Waals surface area contributed by atoms with Gasteiger partial charge in [-0.25, -0.2) is 9.37 Å². The number of halogens is 2. The van der Waals surface area contributed by atoms with Crippen molar-refractivity contribution in [2.75, 3.05) is 13.6 Å². The van der Waals surface area contributed by atoms with Crippen LogP contribution in [0.4, 0.5) is 8.78 Å². The van der Waals surface area contributed by atoms with Crippen molar-refractivity contribution in [3.8, 4) is 0 Å². The van der Waals surface area contributed by atoms with Gasteiger partial charge in [0.1, 0.15) is 0 Å². The number of carbonyl (C=O) groups is 1. The minimum Gasteiger partial charge on any atom is -0.342 e. The van der Waals surface area contributed by atoms with Crippen LogP contribution < -0.4 is 0 Å². The fraction of sp³-hybridized carbons (Fsp3) is 0.500. The number of hydrogen-bond donors (Lipinski definition) is 0. The smallest absolute Gasteiger partial charge is 0.256 e. The van der Waals surface area contributed by atoms with Crippen molar-refractivity contribution < 1.29 is 13.6 Å². The van der Waals surface area contributed by atoms with E-state index in [1.165, 1.54) is 11.0 Å². The maximum absolute atomic E-state index is 13.3. The van der Waals surface area contributed by atoms with Crippen molar-refractivity contribution >= 4 is 5.91 Å². The molecule has 5 heteroatoms. The molecule has 0 unspecified atom stereocenters. The van der Waals surface area contributed by atoms with Gasteiger partial charge in [-0.2, -0.15) is 4.39 Å². The summed E-state index contributed by atoms with van der Waals surface area (Å²) in [6, 6.07) is 1.19. The Morgan fingerprint density at radius 3 is 2.76 bits per heavy atom. The summed E-state index contributed by atoms with van der Waals surface area (Å²) in [6.07, 6.45) is 3.99. The van der Waals surface area contributed by atoms with Gasteiger partial charge >= 0.3 is 0 Å². The molecule has 0 saturated carbocycles. The maximum Gasteiger partial charge on any atom is 0.256 e. The van der Waals surface area contributed by atoms with Crippen LogP contribution in [0.1, 0.15) is 36.5 Å². The number of unbranched alkanes of at least 4 members (excludes halogenated alkanes) is 2. The van der Waals surface area contributed by atoms with Crippen molar-refractivity contribution in [1.29, 1.82) is 0 Å². The highest BCUT2D eigenvalue weighted by molar-refractivity contribution is 5.94. The maximum atomic E-state index is 13.3. The Labute approximate surface area is 99.5 Å². The van der Waals surface area contributed by atoms with E-state index in [1.54, 1.807) is 7.05 Å². The lowest BCUT2D eigenvalue weighted by molar-refractivity contribution is 0.0786. The topological polar surface area (TPSA) is 33.2 Å². The van der Waals surface area contributed by atoms with Crippen LogP contribution in [0.2, 0.25) is 0 Å². The Morgan fingerprint density at radius 1 is 1.41 bits per heavy atom. The van der Waals surface area contributed by atoms with Gasteiger partial charge in [-0.15, -0.1) is 0 Å². The highest BCUT2D eigenvalue weighted by Crippen LogP contribution is 2.11. The molecular weight excluding hydrogens is 226 g/mol. The van der Waals surface area contributed by atoms with E-state index in [0.717, 1.165) is 25.5 Å². The predicted octanol–water partition coefficient (Wildman–Crippen LogP) is 2.62. The molecule has 1 rings (SSSR count). The van der Waals surface area contributed by atoms with Gasteiger partial charge in [0.05, 0.1) is 5.56 Å². The first kappa shape index (κ1) is 13.5. The molecule has 0 saturated heterocycles. The summed E-state index contributed by atoms with van der Waals surface area (Å²) in [6.45, 7) is 2.59. The first-order chi connectivity index (χ1) is 8.07. The van der Waals surface area contributed by atoms with Crippen molar-refractivity contribution in [2.45, 2.75) is 26.2 Å². The van der Waals surface area contributed by atoms with Gasteiger partial charge in [0.25, 0.3) is 5.91 Å². The summed E-state index contributed by atoms with van der Waals surface area (Å²) in [5, 5.41) is 0. The molecule has 3 nitrogen and oxygen atoms in total. The summed E-state index contributed by atoms with van der Waals surface area (Å²) in [7, 11) is 1.58. The van der Waals surface area contributed by atoms with Crippen molar-refractivity contribution in [1.82, 2.24) is 9.88 Å². The molecule has 1 aromatic heterocycles. The highest BCUT2D eigenvalue weighted by atomic mass is 19.2. The number of hydrogen-bond acceptors (Lipinski definition) is 2. The Bertz CT molecular complexity index is 396. The molecule has 1 heterocycles. The van der Waals surface area contributed by atoms with Crippen LogP contribution in [0.15, 0.2) is 12.3 Å². The van der Waals surface area contributed by atoms with Gasteiger partial charge in [0, 0.05) is 19.8 Å². The molecule has 0 aliphatic carbocycles. The molecule has 1 aromatic rings. The second-order valence-electron chi connectivity index (χ2n) is 3.90. The third-order valence-corrected chi connectivity index (χ3v) is 2.52. The second-order valence-corrected chi connectivity index (χ2v) is 3.90. The van der Waals surface area contributed by atoms with Crippen LogP contribution in [0.3, 0.4) is 0 Å². The average Bonchev–Trinajstić information content (AvgIpc) is 2.32. The number of aromatic nitrogens is 1. The molecular formula is C12H16F2N2O. The lowest BCUT2D eigenvalue weighted by Gasteiger charge is -2.17. The molecule has 0 aromatic carbocycles. The summed E-state index contributed by atoms with van der Waals surface area (Å²) in [4.78, 5) is 16.3. The van der Waals surface area contributed by atoms with Gasteiger partial charge in [-0.3, -0.25) is 4.79 Å². The van der Waals surface area contributed by atoms with E-state index in [1.807, 2.05) is 0 Å². The summed E-state index contributed by atoms with van der Waals surface area (Å²) in [5.74, 6) is -2.93. The van der Waals surface area contributed by atoms with Crippen molar-refractivity contribution in [3.05, 3.63) is 29.6 Å². The lowest BCUT2D eigenvalue weighted by atomic mass is 10.2. The molecule has 0 spiro atoms. The zero-order valence-electron chi connectivity index (χ0n) is 10.0. The van der Waals surface area contributed by atoms with E-state index in [2.05, 4.69) is 11.9 Å². The Hall–Kier alpha value is -1.52. The van der Waals surface area contributed by atoms with Gasteiger partial charge in [-0.1, -0.05) is 19.8 Å². The van der Waals surface area contributed by atoms with Crippen LogP contribution >= 0.6 is 0 Å². The number of rotatable bonds is 5. The van der Waals surface area contributed by atoms with Crippen LogP contribution in [0, 0.1) is 11.8 Å². The summed E-state index contributed by atoms with van der Waals surface area (Å²) in [5.41, 5.74) is -0.267. The molecule has 0 aliphatic heterocycles. The Balaban J connectivity index is 2.71. The zero-order valence-corrected chi connectivity index (χ0v) is 10.0. The van der Waals surface area contributed by atoms with E-state index in [9.17, 15) is 13.6 Å². The highest BCUT2D eigenvalue weighted by Gasteiger charge is 2.18. The first-order valence-electron chi connectivity index (χ1n) is 5.63. The van der Waals surface area contributed by atoms with Gasteiger partial charge in [0.15, 0.2) is 5.82 Å². The van der Waals surface area contributed by atoms with E-state index in [4.69, 9.17) is 0 Å². The molecule has 0 radical (unpaired) electrons. The third kappa shape index (κ3) is 3.47. The van der Waals surface area contributed by atoms with Gasteiger partial charge in [0.2, 0.25) is 5.95 Å². The number of amides is 1. The fourth-order valence-corrected chi connectivity index (χ4v) is 1.49. The van der Waals surface area contributed by atoms with Crippen LogP contribution in [-0.4, -0.2) is 29.4 Å². The zero-order chi connectivity index (χ0) is 12.8. The second kappa shape index (κ2) is 6.27. The fourth-order valence-electron chi connectivity index (χ4n) is 1.49. The van der Waals surface area contributed by atoms with Crippen molar-refractivity contribution in [3.63, 3.8) is 0 Å². The first-order valence-corrected chi connectivity index (χ1v) is 5.63. The van der Waals surface area contributed by atoms with Crippen LogP contribution in [0.25, 0.3) is 0 Å². The minimum absolute atomic E-state index is 0.267. The SMILES string of the molecule is CCCCCN(C)C(=O)c1ccnc(F)c1F. The molecule has 0 N–H and O–H groups in total. The van der Waals surface area contributed by atoms with Crippen LogP contribution in [-0.2, 0) is 0 Å². The van der Waals surface area contributed by atoms with Crippen LogP contribution in [0.5, 0.6) is 0 Å². The normalized spacial score (nSPS) is 10.4. The molecule has 0 bridgehead atoms. The van der Waals surface area contributed by atoms with Gasteiger partial charge in [-0.05, 0) is 12.5 Å². The van der Waals surface area contributed by atoms with E-state index < -0.39 is 17.7 Å². The minimum atomic E-state index is -1.24. The Kier molecular flexibility index (Phi) is 5.00. The molecule has 1 amide bonds. The molecule has 0 aliphatic rings. The quantitative estimate of drug-likeness (QED) is 0.587. The number of nitrogens with zero attached hydrogens (tertiary/aromatic N) is 2. The largest absolute Gasteiger partial charge is 0.342 e. The number of pyridine rings is 1. The van der Waals surface area contributed by atoms with Gasteiger partial charge < -0.3 is 4.90 Å². The van der Waals surface area contributed by atoms with E-state index in [0.29, 0.717) is 6.54 Å². The number of carbonyl (C=O) groups excluding carboxylic acids is 1. The summed E-state index contributed by atoms with van der Waals surface area (Å²) < 4.78 is 26.2. The average molecular weight is 242 g/mol. The molecule has 17 heavy (non-hydrogen) atoms. The Morgan fingerprint density at radius 2 is 2.12 bits per heavy atom. The lowest BCUT2D eigenvalue weighted by Crippen LogP contribution is -2.28. The molecule has 0 atom stereocenters. The van der Waals surface area contributed by atoms with E-state index in [-0.39, 0.29) is 5.56 Å². The predicted molar refractivity (Wildman–Crippen MR) is 60.6 cm³/mol. The summed E-state index contributed by atoms with van der Waals surface area (Å²) >= 11 is 0. The van der Waals surface area contributed by atoms with E-state index >= 15 is 0 Å². The van der Waals surface area contributed by atoms with Crippen molar-refractivity contribution in [2.24, 2.45) is 0 Å². The third-order valence-electron chi connectivity index (χ3n) is 2.52.